The van der Waals surface area contributed by atoms with Gasteiger partial charge in [0.05, 0.1) is 24.0 Å². The molecular weight excluding hydrogens is 400 g/mol. The van der Waals surface area contributed by atoms with Crippen molar-refractivity contribution in [3.8, 4) is 0 Å². The molecule has 1 N–H and O–H groups in total. The maximum Gasteiger partial charge on any atom is 0.431 e. The zero-order chi connectivity index (χ0) is 21.4. The van der Waals surface area contributed by atoms with Crippen LogP contribution in [0.3, 0.4) is 0 Å². The van der Waals surface area contributed by atoms with Crippen LogP contribution in [0.4, 0.5) is 17.6 Å². The third kappa shape index (κ3) is 4.89. The normalized spacial score (nSPS) is 24.3. The summed E-state index contributed by atoms with van der Waals surface area (Å²) in [5.41, 5.74) is 0. The van der Waals surface area contributed by atoms with Crippen molar-refractivity contribution in [1.82, 2.24) is 0 Å². The molecule has 0 aromatic rings. The summed E-state index contributed by atoms with van der Waals surface area (Å²) in [6.45, 7) is 5.76. The largest absolute Gasteiger partial charge is 0.463 e. The molecule has 0 aromatic heterocycles. The second-order valence-corrected chi connectivity index (χ2v) is 8.43. The molecule has 1 rings (SSSR count). The number of esters is 2. The minimum atomic E-state index is -6.48. The van der Waals surface area contributed by atoms with Gasteiger partial charge in [0.1, 0.15) is 0 Å². The van der Waals surface area contributed by atoms with E-state index in [4.69, 9.17) is 14.0 Å². The van der Waals surface area contributed by atoms with E-state index in [1.807, 2.05) is 0 Å². The van der Waals surface area contributed by atoms with Crippen molar-refractivity contribution < 1.29 is 49.6 Å². The number of rotatable bonds is 7. The van der Waals surface area contributed by atoms with Crippen LogP contribution in [0, 0.1) is 17.8 Å². The fourth-order valence-electron chi connectivity index (χ4n) is 2.93. The summed E-state index contributed by atoms with van der Waals surface area (Å²) in [7, 11) is -6.48. The molecule has 27 heavy (non-hydrogen) atoms. The average Bonchev–Trinajstić information content (AvgIpc) is 2.90. The molecule has 0 amide bonds. The Kier molecular flexibility index (Phi) is 6.91. The molecule has 158 valence electrons. The van der Waals surface area contributed by atoms with Crippen LogP contribution in [-0.4, -0.2) is 48.3 Å². The summed E-state index contributed by atoms with van der Waals surface area (Å²) in [6.07, 6.45) is -2.87. The first kappa shape index (κ1) is 23.6. The van der Waals surface area contributed by atoms with Crippen molar-refractivity contribution in [3.63, 3.8) is 0 Å². The van der Waals surface area contributed by atoms with E-state index in [2.05, 4.69) is 0 Å². The predicted octanol–water partition coefficient (Wildman–Crippen LogP) is 2.65. The first-order valence-corrected chi connectivity index (χ1v) is 9.60. The molecule has 0 heterocycles. The Bertz CT molecular complexity index is 676. The lowest BCUT2D eigenvalue weighted by Crippen LogP contribution is -2.53. The van der Waals surface area contributed by atoms with Crippen LogP contribution in [0.1, 0.15) is 40.5 Å². The summed E-state index contributed by atoms with van der Waals surface area (Å²) in [6, 6.07) is 0. The predicted molar refractivity (Wildman–Crippen MR) is 83.6 cm³/mol. The van der Waals surface area contributed by atoms with Crippen LogP contribution in [0.2, 0.25) is 0 Å². The first-order chi connectivity index (χ1) is 12.0. The Labute approximate surface area is 154 Å². The van der Waals surface area contributed by atoms with E-state index in [0.717, 1.165) is 0 Å². The van der Waals surface area contributed by atoms with Crippen molar-refractivity contribution in [2.24, 2.45) is 17.8 Å². The van der Waals surface area contributed by atoms with E-state index in [9.17, 15) is 35.6 Å². The van der Waals surface area contributed by atoms with Crippen molar-refractivity contribution >= 4 is 22.1 Å². The highest BCUT2D eigenvalue weighted by molar-refractivity contribution is 7.87. The highest BCUT2D eigenvalue weighted by atomic mass is 32.2. The molecule has 3 unspecified atom stereocenters. The molecule has 0 aromatic carbocycles. The van der Waals surface area contributed by atoms with E-state index in [1.165, 1.54) is 27.7 Å². The maximum atomic E-state index is 14.4. The number of hydrogen-bond acceptors (Lipinski definition) is 6. The second-order valence-electron chi connectivity index (χ2n) is 6.97. The lowest BCUT2D eigenvalue weighted by Gasteiger charge is -2.31. The van der Waals surface area contributed by atoms with Crippen LogP contribution in [0.15, 0.2) is 0 Å². The molecule has 1 fully saturated rings. The summed E-state index contributed by atoms with van der Waals surface area (Å²) < 4.78 is 96.1. The fourth-order valence-corrected chi connectivity index (χ4v) is 3.42. The van der Waals surface area contributed by atoms with E-state index >= 15 is 0 Å². The SMILES string of the molecule is CC(C)OC(=O)C1CC(C(=O)OC(C)C)C(C(F)(F)C(F)(F)S(=O)(=O)O)C1. The third-order valence-electron chi connectivity index (χ3n) is 4.08. The van der Waals surface area contributed by atoms with Crippen LogP contribution in [0.5, 0.6) is 0 Å². The van der Waals surface area contributed by atoms with Gasteiger partial charge in [-0.25, -0.2) is 0 Å². The first-order valence-electron chi connectivity index (χ1n) is 8.16. The third-order valence-corrected chi connectivity index (χ3v) is 5.00. The molecule has 0 bridgehead atoms. The Morgan fingerprint density at radius 2 is 1.41 bits per heavy atom. The van der Waals surface area contributed by atoms with E-state index in [-0.39, 0.29) is 0 Å². The van der Waals surface area contributed by atoms with Gasteiger partial charge >= 0.3 is 33.2 Å². The summed E-state index contributed by atoms with van der Waals surface area (Å²) in [5, 5.41) is -5.85. The lowest BCUT2D eigenvalue weighted by atomic mass is 9.89. The van der Waals surface area contributed by atoms with Gasteiger partial charge < -0.3 is 9.47 Å². The van der Waals surface area contributed by atoms with Crippen LogP contribution in [-0.2, 0) is 29.2 Å². The lowest BCUT2D eigenvalue weighted by molar-refractivity contribution is -0.206. The number of ether oxygens (including phenoxy) is 2. The van der Waals surface area contributed by atoms with Gasteiger partial charge in [0, 0.05) is 5.92 Å². The van der Waals surface area contributed by atoms with Gasteiger partial charge in [-0.3, -0.25) is 14.1 Å². The van der Waals surface area contributed by atoms with Crippen LogP contribution < -0.4 is 0 Å². The van der Waals surface area contributed by atoms with Gasteiger partial charge in [0.2, 0.25) is 0 Å². The molecular formula is C15H22F4O7S. The summed E-state index contributed by atoms with van der Waals surface area (Å²) in [5.74, 6) is -13.3. The van der Waals surface area contributed by atoms with Crippen molar-refractivity contribution in [2.45, 2.75) is 63.9 Å². The van der Waals surface area contributed by atoms with Crippen LogP contribution >= 0.6 is 0 Å². The average molecular weight is 422 g/mol. The molecule has 0 radical (unpaired) electrons. The molecule has 12 heteroatoms. The highest BCUT2D eigenvalue weighted by Gasteiger charge is 2.72. The van der Waals surface area contributed by atoms with Gasteiger partial charge in [-0.1, -0.05) is 0 Å². The van der Waals surface area contributed by atoms with Gasteiger partial charge in [-0.15, -0.1) is 0 Å². The van der Waals surface area contributed by atoms with Crippen molar-refractivity contribution in [3.05, 3.63) is 0 Å². The molecule has 1 aliphatic carbocycles. The Hall–Kier alpha value is -1.43. The zero-order valence-corrected chi connectivity index (χ0v) is 15.9. The number of hydrogen-bond donors (Lipinski definition) is 1. The molecule has 1 saturated carbocycles. The zero-order valence-electron chi connectivity index (χ0n) is 15.1. The highest BCUT2D eigenvalue weighted by Crippen LogP contribution is 2.53. The quantitative estimate of drug-likeness (QED) is 0.382. The van der Waals surface area contributed by atoms with Gasteiger partial charge in [-0.2, -0.15) is 26.0 Å². The van der Waals surface area contributed by atoms with E-state index in [1.54, 1.807) is 0 Å². The number of carbonyl (C=O) groups excluding carboxylic acids is 2. The maximum absolute atomic E-state index is 14.4. The Morgan fingerprint density at radius 3 is 1.81 bits per heavy atom. The van der Waals surface area contributed by atoms with Crippen LogP contribution in [0.25, 0.3) is 0 Å². The van der Waals surface area contributed by atoms with Crippen molar-refractivity contribution in [1.29, 1.82) is 0 Å². The minimum Gasteiger partial charge on any atom is -0.463 e. The molecule has 3 atom stereocenters. The molecule has 0 spiro atoms. The second kappa shape index (κ2) is 7.90. The smallest absolute Gasteiger partial charge is 0.431 e. The fraction of sp³-hybridized carbons (Fsp3) is 0.867. The standard InChI is InChI=1S/C15H22F4O7S/c1-7(2)25-12(20)9-5-10(13(21)26-8(3)4)11(6-9)14(16,17)15(18,19)27(22,23)24/h7-11H,5-6H2,1-4H3,(H,22,23,24). The Morgan fingerprint density at radius 1 is 0.963 bits per heavy atom. The van der Waals surface area contributed by atoms with Gasteiger partial charge in [-0.05, 0) is 40.5 Å². The number of halogens is 4. The van der Waals surface area contributed by atoms with E-state index in [0.29, 0.717) is 0 Å². The van der Waals surface area contributed by atoms with Gasteiger partial charge in [0.25, 0.3) is 0 Å². The molecule has 7 nitrogen and oxygen atoms in total. The molecule has 0 aliphatic heterocycles. The molecule has 1 aliphatic rings. The minimum absolute atomic E-state index is 0.571. The topological polar surface area (TPSA) is 107 Å². The van der Waals surface area contributed by atoms with E-state index < -0.39 is 76.0 Å². The number of carbonyl (C=O) groups is 2. The monoisotopic (exact) mass is 422 g/mol. The van der Waals surface area contributed by atoms with Gasteiger partial charge in [0.15, 0.2) is 0 Å². The number of alkyl halides is 4. The summed E-state index contributed by atoms with van der Waals surface area (Å²) in [4.78, 5) is 24.1. The van der Waals surface area contributed by atoms with Crippen molar-refractivity contribution in [2.75, 3.05) is 0 Å². The molecule has 0 saturated heterocycles. The Balaban J connectivity index is 3.28. The summed E-state index contributed by atoms with van der Waals surface area (Å²) >= 11 is 0.